The van der Waals surface area contributed by atoms with Crippen molar-refractivity contribution in [2.45, 2.75) is 19.4 Å². The van der Waals surface area contributed by atoms with Crippen molar-refractivity contribution in [3.05, 3.63) is 59.1 Å². The van der Waals surface area contributed by atoms with Gasteiger partial charge in [0.2, 0.25) is 0 Å². The summed E-state index contributed by atoms with van der Waals surface area (Å²) in [5.74, 6) is -0.256. The Hall–Kier alpha value is -2.53. The Morgan fingerprint density at radius 3 is 2.50 bits per heavy atom. The summed E-state index contributed by atoms with van der Waals surface area (Å²) < 4.78 is 10.4. The van der Waals surface area contributed by atoms with Crippen molar-refractivity contribution in [2.24, 2.45) is 0 Å². The van der Waals surface area contributed by atoms with Gasteiger partial charge in [-0.3, -0.25) is 4.79 Å². The molecule has 1 amide bonds. The summed E-state index contributed by atoms with van der Waals surface area (Å²) in [5, 5.41) is 2.99. The summed E-state index contributed by atoms with van der Waals surface area (Å²) in [5.41, 5.74) is 0.633. The molecule has 0 spiro atoms. The molecule has 0 fully saturated rings. The monoisotopic (exact) mass is 347 g/mol. The highest BCUT2D eigenvalue weighted by molar-refractivity contribution is 6.33. The number of methoxy groups -OCH3 is 1. The number of hydrogen-bond donors (Lipinski definition) is 1. The zero-order chi connectivity index (χ0) is 17.5. The zero-order valence-corrected chi connectivity index (χ0v) is 14.2. The minimum atomic E-state index is -0.648. The highest BCUT2D eigenvalue weighted by Gasteiger charge is 2.19. The maximum atomic E-state index is 12.4. The Balaban J connectivity index is 2.11. The smallest absolute Gasteiger partial charge is 0.339 e. The molecule has 0 bridgehead atoms. The van der Waals surface area contributed by atoms with Crippen molar-refractivity contribution < 1.29 is 19.1 Å². The molecule has 0 aliphatic heterocycles. The molecule has 0 heterocycles. The number of esters is 1. The van der Waals surface area contributed by atoms with Gasteiger partial charge in [-0.1, -0.05) is 36.7 Å². The Labute approximate surface area is 145 Å². The molecule has 0 aromatic heterocycles. The fraction of sp³-hybridized carbons (Fsp3) is 0.222. The first kappa shape index (κ1) is 17.8. The van der Waals surface area contributed by atoms with Crippen LogP contribution in [0.25, 0.3) is 0 Å². The number of halogens is 1. The number of amides is 1. The standard InChI is InChI=1S/C18H18ClNO4/c1-3-16(24-13-7-5-4-6-8-13)17(21)20-12-9-10-15(19)14(11-12)18(22)23-2/h4-11,16H,3H2,1-2H3,(H,20,21)/t16-/m0/s1. The van der Waals surface area contributed by atoms with E-state index in [0.717, 1.165) is 0 Å². The molecule has 5 nitrogen and oxygen atoms in total. The Bertz CT molecular complexity index is 718. The second-order valence-electron chi connectivity index (χ2n) is 5.00. The van der Waals surface area contributed by atoms with E-state index in [9.17, 15) is 9.59 Å². The number of hydrogen-bond acceptors (Lipinski definition) is 4. The van der Waals surface area contributed by atoms with E-state index in [0.29, 0.717) is 17.9 Å². The van der Waals surface area contributed by atoms with Crippen LogP contribution < -0.4 is 10.1 Å². The van der Waals surface area contributed by atoms with Crippen molar-refractivity contribution >= 4 is 29.2 Å². The van der Waals surface area contributed by atoms with Gasteiger partial charge in [-0.15, -0.1) is 0 Å². The lowest BCUT2D eigenvalue weighted by Gasteiger charge is -2.17. The lowest BCUT2D eigenvalue weighted by atomic mass is 10.2. The summed E-state index contributed by atoms with van der Waals surface area (Å²) in [4.78, 5) is 24.1. The molecule has 1 atom stereocenters. The highest BCUT2D eigenvalue weighted by Crippen LogP contribution is 2.22. The number of rotatable bonds is 6. The largest absolute Gasteiger partial charge is 0.481 e. The number of carbonyl (C=O) groups excluding carboxylic acids is 2. The molecule has 0 saturated carbocycles. The average Bonchev–Trinajstić information content (AvgIpc) is 2.61. The van der Waals surface area contributed by atoms with Gasteiger partial charge < -0.3 is 14.8 Å². The van der Waals surface area contributed by atoms with Crippen molar-refractivity contribution in [1.29, 1.82) is 0 Å². The van der Waals surface area contributed by atoms with Crippen molar-refractivity contribution in [1.82, 2.24) is 0 Å². The molecular formula is C18H18ClNO4. The van der Waals surface area contributed by atoms with E-state index in [1.165, 1.54) is 19.2 Å². The van der Waals surface area contributed by atoms with Crippen molar-refractivity contribution in [3.8, 4) is 5.75 Å². The van der Waals surface area contributed by atoms with Crippen LogP contribution in [-0.2, 0) is 9.53 Å². The number of carbonyl (C=O) groups is 2. The minimum absolute atomic E-state index is 0.189. The van der Waals surface area contributed by atoms with Crippen LogP contribution in [0.5, 0.6) is 5.75 Å². The molecule has 0 aliphatic carbocycles. The van der Waals surface area contributed by atoms with Crippen LogP contribution in [0, 0.1) is 0 Å². The molecule has 126 valence electrons. The van der Waals surface area contributed by atoms with Gasteiger partial charge in [0.25, 0.3) is 5.91 Å². The van der Waals surface area contributed by atoms with Gasteiger partial charge in [0, 0.05) is 5.69 Å². The van der Waals surface area contributed by atoms with E-state index in [1.54, 1.807) is 18.2 Å². The number of nitrogens with one attached hydrogen (secondary N) is 1. The van der Waals surface area contributed by atoms with Gasteiger partial charge >= 0.3 is 5.97 Å². The topological polar surface area (TPSA) is 64.6 Å². The van der Waals surface area contributed by atoms with Crippen LogP contribution in [0.4, 0.5) is 5.69 Å². The summed E-state index contributed by atoms with van der Waals surface area (Å²) in [6.07, 6.45) is -0.150. The van der Waals surface area contributed by atoms with Crippen LogP contribution in [-0.4, -0.2) is 25.1 Å². The van der Waals surface area contributed by atoms with Gasteiger partial charge in [-0.25, -0.2) is 4.79 Å². The van der Waals surface area contributed by atoms with Gasteiger partial charge in [-0.05, 0) is 36.8 Å². The molecule has 1 N–H and O–H groups in total. The van der Waals surface area contributed by atoms with Gasteiger partial charge in [0.15, 0.2) is 6.10 Å². The first-order chi connectivity index (χ1) is 11.5. The Morgan fingerprint density at radius 1 is 1.17 bits per heavy atom. The summed E-state index contributed by atoms with van der Waals surface area (Å²) >= 11 is 5.97. The number of ether oxygens (including phenoxy) is 2. The number of benzene rings is 2. The molecule has 2 aromatic carbocycles. The summed E-state index contributed by atoms with van der Waals surface area (Å²) in [6, 6.07) is 13.7. The number of para-hydroxylation sites is 1. The lowest BCUT2D eigenvalue weighted by molar-refractivity contribution is -0.122. The molecule has 24 heavy (non-hydrogen) atoms. The van der Waals surface area contributed by atoms with Gasteiger partial charge in [-0.2, -0.15) is 0 Å². The molecule has 0 unspecified atom stereocenters. The Morgan fingerprint density at radius 2 is 1.88 bits per heavy atom. The van der Waals surface area contributed by atoms with Crippen LogP contribution in [0.1, 0.15) is 23.7 Å². The normalized spacial score (nSPS) is 11.5. The molecule has 0 aliphatic rings. The maximum absolute atomic E-state index is 12.4. The van der Waals surface area contributed by atoms with Crippen LogP contribution in [0.2, 0.25) is 5.02 Å². The molecular weight excluding hydrogens is 330 g/mol. The van der Waals surface area contributed by atoms with E-state index in [-0.39, 0.29) is 16.5 Å². The maximum Gasteiger partial charge on any atom is 0.339 e. The van der Waals surface area contributed by atoms with Crippen LogP contribution in [0.3, 0.4) is 0 Å². The quantitative estimate of drug-likeness (QED) is 0.804. The SMILES string of the molecule is CC[C@H](Oc1ccccc1)C(=O)Nc1ccc(Cl)c(C(=O)OC)c1. The number of anilines is 1. The third kappa shape index (κ3) is 4.49. The van der Waals surface area contributed by atoms with Crippen molar-refractivity contribution in [3.63, 3.8) is 0 Å². The van der Waals surface area contributed by atoms with E-state index >= 15 is 0 Å². The predicted molar refractivity (Wildman–Crippen MR) is 92.6 cm³/mol. The molecule has 2 rings (SSSR count). The second-order valence-corrected chi connectivity index (χ2v) is 5.41. The van der Waals surface area contributed by atoms with E-state index < -0.39 is 12.1 Å². The van der Waals surface area contributed by atoms with Gasteiger partial charge in [0.1, 0.15) is 5.75 Å². The zero-order valence-electron chi connectivity index (χ0n) is 13.4. The lowest BCUT2D eigenvalue weighted by Crippen LogP contribution is -2.32. The third-order valence-corrected chi connectivity index (χ3v) is 3.65. The van der Waals surface area contributed by atoms with Crippen molar-refractivity contribution in [2.75, 3.05) is 12.4 Å². The van der Waals surface area contributed by atoms with E-state index in [1.807, 2.05) is 25.1 Å². The molecule has 0 saturated heterocycles. The molecule has 6 heteroatoms. The fourth-order valence-corrected chi connectivity index (χ4v) is 2.27. The predicted octanol–water partition coefficient (Wildman–Crippen LogP) is 3.92. The second kappa shape index (κ2) is 8.36. The summed E-state index contributed by atoms with van der Waals surface area (Å²) in [7, 11) is 1.27. The average molecular weight is 348 g/mol. The van der Waals surface area contributed by atoms with E-state index in [4.69, 9.17) is 16.3 Å². The van der Waals surface area contributed by atoms with Crippen LogP contribution >= 0.6 is 11.6 Å². The molecule has 0 radical (unpaired) electrons. The highest BCUT2D eigenvalue weighted by atomic mass is 35.5. The first-order valence-electron chi connectivity index (χ1n) is 7.45. The van der Waals surface area contributed by atoms with Crippen LogP contribution in [0.15, 0.2) is 48.5 Å². The fourth-order valence-electron chi connectivity index (χ4n) is 2.08. The minimum Gasteiger partial charge on any atom is -0.481 e. The summed E-state index contributed by atoms with van der Waals surface area (Å²) in [6.45, 7) is 1.86. The molecule has 2 aromatic rings. The Kier molecular flexibility index (Phi) is 6.21. The van der Waals surface area contributed by atoms with E-state index in [2.05, 4.69) is 10.1 Å². The first-order valence-corrected chi connectivity index (χ1v) is 7.83. The third-order valence-electron chi connectivity index (χ3n) is 3.32. The van der Waals surface area contributed by atoms with Gasteiger partial charge in [0.05, 0.1) is 17.7 Å².